The van der Waals surface area contributed by atoms with Gasteiger partial charge in [0.1, 0.15) is 5.75 Å². The van der Waals surface area contributed by atoms with Gasteiger partial charge < -0.3 is 29.7 Å². The van der Waals surface area contributed by atoms with Crippen LogP contribution in [0.15, 0.2) is 67.2 Å². The molecule has 0 atom stereocenters. The zero-order valence-corrected chi connectivity index (χ0v) is 21.2. The number of amides is 1. The molecule has 0 saturated carbocycles. The minimum atomic E-state index is -2.92. The van der Waals surface area contributed by atoms with Crippen LogP contribution in [-0.2, 0) is 11.8 Å². The van der Waals surface area contributed by atoms with Crippen LogP contribution in [0, 0.1) is 0 Å². The summed E-state index contributed by atoms with van der Waals surface area (Å²) in [4.78, 5) is 23.1. The SMILES string of the molecule is [2H]c1c([2H])c([2H])c2c(c(-c3ccnc(Nc4cc(NC(=O)C(=C)F)c(N(CC([2H])([2H])N(C)C)C([2H])([2H])[2H])cc4OC)n3)cn2C)c1[2H]. The fourth-order valence-corrected chi connectivity index (χ4v) is 3.62. The molecule has 0 aliphatic rings. The number of nitrogens with zero attached hydrogens (tertiary/aromatic N) is 5. The van der Waals surface area contributed by atoms with Gasteiger partial charge in [-0.05, 0) is 32.3 Å². The maximum atomic E-state index is 13.8. The Morgan fingerprint density at radius 3 is 2.82 bits per heavy atom. The van der Waals surface area contributed by atoms with Crippen LogP contribution in [0.3, 0.4) is 0 Å². The van der Waals surface area contributed by atoms with Crippen molar-refractivity contribution in [3.63, 3.8) is 0 Å². The molecule has 0 aliphatic carbocycles. The molecule has 9 nitrogen and oxygen atoms in total. The van der Waals surface area contributed by atoms with E-state index in [1.807, 2.05) is 0 Å². The van der Waals surface area contributed by atoms with Gasteiger partial charge in [-0.15, -0.1) is 0 Å². The van der Waals surface area contributed by atoms with Crippen LogP contribution in [-0.4, -0.2) is 66.6 Å². The van der Waals surface area contributed by atoms with Gasteiger partial charge in [-0.25, -0.2) is 14.4 Å². The van der Waals surface area contributed by atoms with Gasteiger partial charge in [0.15, 0.2) is 5.83 Å². The van der Waals surface area contributed by atoms with Gasteiger partial charge in [0.05, 0.1) is 35.3 Å². The summed E-state index contributed by atoms with van der Waals surface area (Å²) in [6, 6.07) is 2.82. The number of fused-ring (bicyclic) bond motifs is 1. The molecule has 10 heteroatoms. The molecule has 0 unspecified atom stereocenters. The Bertz CT molecular complexity index is 1880. The predicted octanol–water partition coefficient (Wildman–Crippen LogP) is 4.81. The highest BCUT2D eigenvalue weighted by Gasteiger charge is 2.18. The molecule has 4 aromatic rings. The largest absolute Gasteiger partial charge is 0.494 e. The van der Waals surface area contributed by atoms with Gasteiger partial charge in [-0.3, -0.25) is 4.79 Å². The average Bonchev–Trinajstić information content (AvgIpc) is 3.34. The first kappa shape index (κ1) is 17.1. The summed E-state index contributed by atoms with van der Waals surface area (Å²) in [7, 11) is 5.81. The molecular weight excluding hydrogens is 485 g/mol. The summed E-state index contributed by atoms with van der Waals surface area (Å²) in [5.41, 5.74) is 0.671. The lowest BCUT2D eigenvalue weighted by atomic mass is 10.1. The van der Waals surface area contributed by atoms with E-state index in [2.05, 4.69) is 27.2 Å². The molecule has 4 rings (SSSR count). The molecule has 2 N–H and O–H groups in total. The van der Waals surface area contributed by atoms with Gasteiger partial charge in [0.2, 0.25) is 5.95 Å². The molecule has 2 heterocycles. The second-order valence-corrected chi connectivity index (χ2v) is 8.34. The topological polar surface area (TPSA) is 87.6 Å². The third-order valence-corrected chi connectivity index (χ3v) is 5.44. The van der Waals surface area contributed by atoms with Crippen molar-refractivity contribution >= 4 is 39.8 Å². The molecule has 2 aromatic heterocycles. The van der Waals surface area contributed by atoms with Crippen molar-refractivity contribution in [1.82, 2.24) is 19.4 Å². The van der Waals surface area contributed by atoms with Gasteiger partial charge in [0.25, 0.3) is 5.91 Å². The first-order chi connectivity index (χ1) is 21.8. The number of halogens is 1. The number of hydrogen-bond donors (Lipinski definition) is 2. The molecule has 1 amide bonds. The monoisotopic (exact) mass is 526 g/mol. The highest BCUT2D eigenvalue weighted by molar-refractivity contribution is 6.04. The Labute approximate surface area is 234 Å². The lowest BCUT2D eigenvalue weighted by molar-refractivity contribution is -0.114. The van der Waals surface area contributed by atoms with E-state index >= 15 is 0 Å². The van der Waals surface area contributed by atoms with E-state index in [4.69, 9.17) is 17.1 Å². The number of methoxy groups -OCH3 is 1. The molecule has 0 radical (unpaired) electrons. The van der Waals surface area contributed by atoms with E-state index < -0.39 is 37.8 Å². The zero-order valence-electron chi connectivity index (χ0n) is 30.2. The molecule has 0 bridgehead atoms. The molecule has 0 saturated heterocycles. The third-order valence-electron chi connectivity index (χ3n) is 5.44. The zero-order chi connectivity index (χ0) is 35.2. The Kier molecular flexibility index (Phi) is 5.10. The maximum absolute atomic E-state index is 13.8. The highest BCUT2D eigenvalue weighted by atomic mass is 19.1. The molecule has 0 fully saturated rings. The fourth-order valence-electron chi connectivity index (χ4n) is 3.62. The summed E-state index contributed by atoms with van der Waals surface area (Å²) < 4.78 is 95.0. The van der Waals surface area contributed by atoms with Gasteiger partial charge in [0, 0.05) is 68.8 Å². The number of likely N-dealkylation sites (N-methyl/N-ethyl adjacent to an activating group) is 2. The molecular formula is C28H32FN7O2. The number of nitrogens with one attached hydrogen (secondary N) is 2. The molecule has 0 spiro atoms. The minimum Gasteiger partial charge on any atom is -0.494 e. The number of anilines is 4. The van der Waals surface area contributed by atoms with Gasteiger partial charge in [-0.2, -0.15) is 0 Å². The maximum Gasteiger partial charge on any atom is 0.283 e. The van der Waals surface area contributed by atoms with Gasteiger partial charge in [-0.1, -0.05) is 24.7 Å². The van der Waals surface area contributed by atoms with E-state index in [1.165, 1.54) is 44.4 Å². The molecule has 0 aliphatic heterocycles. The quantitative estimate of drug-likeness (QED) is 0.287. The number of benzene rings is 2. The van der Waals surface area contributed by atoms with Crippen LogP contribution in [0.1, 0.15) is 12.3 Å². The van der Waals surface area contributed by atoms with Crippen molar-refractivity contribution in [2.45, 2.75) is 0 Å². The Hall–Kier alpha value is -4.44. The van der Waals surface area contributed by atoms with Crippen LogP contribution >= 0.6 is 0 Å². The van der Waals surface area contributed by atoms with Crippen LogP contribution in [0.2, 0.25) is 0 Å². The second kappa shape index (κ2) is 11.3. The molecule has 2 aromatic carbocycles. The number of carbonyl (C=O) groups excluding carboxylic acids is 1. The number of ether oxygens (including phenoxy) is 1. The normalized spacial score (nSPS) is 15.2. The number of aryl methyl sites for hydroxylation is 1. The fraction of sp³-hybridized carbons (Fsp3) is 0.250. The number of hydrogen-bond acceptors (Lipinski definition) is 7. The summed E-state index contributed by atoms with van der Waals surface area (Å²) in [6.45, 7) is -2.76. The minimum absolute atomic E-state index is 0.0183. The van der Waals surface area contributed by atoms with Gasteiger partial charge >= 0.3 is 0 Å². The summed E-state index contributed by atoms with van der Waals surface area (Å²) >= 11 is 0. The second-order valence-electron chi connectivity index (χ2n) is 8.34. The first-order valence-corrected chi connectivity index (χ1v) is 11.3. The van der Waals surface area contributed by atoms with Crippen molar-refractivity contribution in [2.75, 3.05) is 56.8 Å². The molecule has 38 heavy (non-hydrogen) atoms. The Balaban J connectivity index is 1.86. The van der Waals surface area contributed by atoms with Crippen molar-refractivity contribution < 1.29 is 26.3 Å². The lowest BCUT2D eigenvalue weighted by Gasteiger charge is -2.26. The van der Waals surface area contributed by atoms with Crippen LogP contribution in [0.25, 0.3) is 22.2 Å². The standard InChI is InChI=1S/C28H32FN7O2/c1-18(29)27(37)31-22-15-23(26(38-6)16-25(22)35(4)14-13-34(2)3)33-28-30-12-11-21(32-28)20-17-36(5)24-10-8-7-9-19(20)24/h7-12,15-17H,1,13-14H2,2-6H3,(H,31,37)(H,30,32,33)/i4D3,7D,8D,9D,10D,13D2. The first-order valence-electron chi connectivity index (χ1n) is 15.8. The van der Waals surface area contributed by atoms with Crippen LogP contribution in [0.4, 0.5) is 27.4 Å². The number of aromatic nitrogens is 3. The van der Waals surface area contributed by atoms with Crippen LogP contribution in [0.5, 0.6) is 5.75 Å². The van der Waals surface area contributed by atoms with E-state index in [-0.39, 0.29) is 57.8 Å². The lowest BCUT2D eigenvalue weighted by Crippen LogP contribution is -2.29. The number of rotatable bonds is 10. The van der Waals surface area contributed by atoms with Crippen LogP contribution < -0.4 is 20.3 Å². The van der Waals surface area contributed by atoms with Crippen molar-refractivity contribution in [3.8, 4) is 17.0 Å². The van der Waals surface area contributed by atoms with E-state index in [0.717, 1.165) is 4.90 Å². The molecule has 198 valence electrons. The highest BCUT2D eigenvalue weighted by Crippen LogP contribution is 2.38. The predicted molar refractivity (Wildman–Crippen MR) is 151 cm³/mol. The van der Waals surface area contributed by atoms with E-state index in [9.17, 15) is 9.18 Å². The van der Waals surface area contributed by atoms with Crippen molar-refractivity contribution in [3.05, 3.63) is 67.2 Å². The number of para-hydroxylation sites is 1. The smallest absolute Gasteiger partial charge is 0.283 e. The van der Waals surface area contributed by atoms with Crippen molar-refractivity contribution in [2.24, 2.45) is 7.05 Å². The third kappa shape index (κ3) is 5.76. The summed E-state index contributed by atoms with van der Waals surface area (Å²) in [5.74, 6) is -2.60. The Morgan fingerprint density at radius 1 is 1.32 bits per heavy atom. The summed E-state index contributed by atoms with van der Waals surface area (Å²) in [5, 5.41) is 5.47. The van der Waals surface area contributed by atoms with Crippen molar-refractivity contribution in [1.29, 1.82) is 0 Å². The average molecular weight is 527 g/mol. The Morgan fingerprint density at radius 2 is 2.11 bits per heavy atom. The van der Waals surface area contributed by atoms with E-state index in [0.29, 0.717) is 11.3 Å². The summed E-state index contributed by atoms with van der Waals surface area (Å²) in [6.07, 6.45) is 3.03. The number of carbonyl (C=O) groups is 1. The van der Waals surface area contributed by atoms with E-state index in [1.54, 1.807) is 23.9 Å².